The first kappa shape index (κ1) is 46.6. The number of rotatable bonds is 6. The summed E-state index contributed by atoms with van der Waals surface area (Å²) in [6.07, 6.45) is 47.6. The average molecular weight is 745 g/mol. The smallest absolute Gasteiger partial charge is 0.335 e. The summed E-state index contributed by atoms with van der Waals surface area (Å²) in [6.45, 7) is 18.9. The molecule has 0 radical (unpaired) electrons. The number of aromatic nitrogens is 1. The third kappa shape index (κ3) is 9.83. The largest absolute Gasteiger partial charge is 0.478 e. The molecule has 0 spiro atoms. The lowest BCUT2D eigenvalue weighted by atomic mass is 9.36. The van der Waals surface area contributed by atoms with Crippen LogP contribution in [0.2, 0.25) is 0 Å². The van der Waals surface area contributed by atoms with E-state index >= 15 is 0 Å². The van der Waals surface area contributed by atoms with E-state index in [0.717, 1.165) is 35.7 Å². The monoisotopic (exact) mass is 745 g/mol. The van der Waals surface area contributed by atoms with E-state index in [2.05, 4.69) is 96.1 Å². The van der Waals surface area contributed by atoms with Crippen molar-refractivity contribution >= 4 is 18.0 Å². The highest BCUT2D eigenvalue weighted by molar-refractivity contribution is 5.88. The van der Waals surface area contributed by atoms with Gasteiger partial charge in [-0.3, -0.25) is 9.78 Å². The van der Waals surface area contributed by atoms with Gasteiger partial charge in [0.25, 0.3) is 0 Å². The number of hydrogen-bond donors (Lipinski definition) is 2. The number of terminal acetylenes is 3. The van der Waals surface area contributed by atoms with Gasteiger partial charge in [0.2, 0.25) is 6.41 Å². The maximum Gasteiger partial charge on any atom is 0.335 e. The lowest BCUT2D eigenvalue weighted by Gasteiger charge is -2.68. The molecule has 0 saturated heterocycles. The van der Waals surface area contributed by atoms with E-state index in [9.17, 15) is 14.7 Å². The summed E-state index contributed by atoms with van der Waals surface area (Å²) in [7, 11) is 0. The number of benzene rings is 1. The Morgan fingerprint density at radius 2 is 1.53 bits per heavy atom. The van der Waals surface area contributed by atoms with Crippen molar-refractivity contribution in [2.24, 2.45) is 51.2 Å². The van der Waals surface area contributed by atoms with E-state index in [0.29, 0.717) is 40.7 Å². The molecule has 5 aliphatic rings. The van der Waals surface area contributed by atoms with Crippen LogP contribution in [0.1, 0.15) is 127 Å². The molecule has 1 aromatic heterocycles. The molecule has 4 fully saturated rings. The quantitative estimate of drug-likeness (QED) is 0.134. The van der Waals surface area contributed by atoms with Crippen molar-refractivity contribution in [3.63, 3.8) is 0 Å². The van der Waals surface area contributed by atoms with Crippen LogP contribution in [-0.2, 0) is 11.2 Å². The number of carbonyl (C=O) groups excluding carboxylic acids is 1. The number of nitrogens with one attached hydrogen (secondary N) is 1. The highest BCUT2D eigenvalue weighted by Gasteiger charge is 2.64. The molecular weight excluding hydrogens is 677 g/mol. The molecule has 4 saturated carbocycles. The van der Waals surface area contributed by atoms with Crippen LogP contribution in [0, 0.1) is 89.8 Å². The lowest BCUT2D eigenvalue weighted by Crippen LogP contribution is -2.60. The van der Waals surface area contributed by atoms with Crippen LogP contribution in [0.4, 0.5) is 0 Å². The van der Waals surface area contributed by atoms with Gasteiger partial charge < -0.3 is 10.4 Å². The summed E-state index contributed by atoms with van der Waals surface area (Å²) in [5, 5.41) is 11.9. The minimum absolute atomic E-state index is 0.104. The summed E-state index contributed by atoms with van der Waals surface area (Å²) in [5.41, 5.74) is 5.79. The van der Waals surface area contributed by atoms with Crippen LogP contribution in [0.25, 0.3) is 5.57 Å². The van der Waals surface area contributed by atoms with Crippen molar-refractivity contribution in [3.05, 3.63) is 84.2 Å². The minimum Gasteiger partial charge on any atom is -0.478 e. The molecule has 5 heteroatoms. The molecule has 1 aromatic carbocycles. The second kappa shape index (κ2) is 21.0. The van der Waals surface area contributed by atoms with Gasteiger partial charge in [-0.2, -0.15) is 0 Å². The summed E-state index contributed by atoms with van der Waals surface area (Å²) >= 11 is 0. The second-order valence-corrected chi connectivity index (χ2v) is 17.2. The third-order valence-corrected chi connectivity index (χ3v) is 14.3. The molecule has 55 heavy (non-hydrogen) atoms. The van der Waals surface area contributed by atoms with Crippen LogP contribution in [0.5, 0.6) is 0 Å². The van der Waals surface area contributed by atoms with E-state index in [1.807, 2.05) is 31.2 Å². The molecule has 0 aliphatic heterocycles. The van der Waals surface area contributed by atoms with E-state index in [1.54, 1.807) is 30.6 Å². The Labute approximate surface area is 334 Å². The fraction of sp³-hybridized carbons (Fsp3) is 0.540. The van der Waals surface area contributed by atoms with Crippen LogP contribution < -0.4 is 5.32 Å². The van der Waals surface area contributed by atoms with E-state index in [1.165, 1.54) is 75.3 Å². The second-order valence-electron chi connectivity index (χ2n) is 17.2. The highest BCUT2D eigenvalue weighted by atomic mass is 16.4. The Kier molecular flexibility index (Phi) is 17.8. The van der Waals surface area contributed by atoms with Crippen LogP contribution in [-0.4, -0.2) is 29.0 Å². The molecule has 5 aliphatic carbocycles. The third-order valence-electron chi connectivity index (χ3n) is 14.3. The zero-order valence-corrected chi connectivity index (χ0v) is 34.6. The van der Waals surface area contributed by atoms with Crippen molar-refractivity contribution in [2.45, 2.75) is 112 Å². The average Bonchev–Trinajstić information content (AvgIpc) is 3.60. The molecule has 296 valence electrons. The predicted octanol–water partition coefficient (Wildman–Crippen LogP) is 11.2. The number of carboxylic acid groups (broad SMARTS) is 1. The van der Waals surface area contributed by atoms with Crippen LogP contribution >= 0.6 is 0 Å². The zero-order chi connectivity index (χ0) is 41.5. The molecule has 5 nitrogen and oxygen atoms in total. The number of nitrogens with zero attached hydrogens (tertiary/aromatic N) is 1. The number of aromatic carboxylic acids is 1. The summed E-state index contributed by atoms with van der Waals surface area (Å²) < 4.78 is 0. The summed E-state index contributed by atoms with van der Waals surface area (Å²) in [4.78, 5) is 25.2. The van der Waals surface area contributed by atoms with Gasteiger partial charge >= 0.3 is 5.97 Å². The molecule has 1 heterocycles. The fourth-order valence-corrected chi connectivity index (χ4v) is 12.3. The van der Waals surface area contributed by atoms with Gasteiger partial charge in [0.05, 0.1) is 5.56 Å². The number of pyridine rings is 1. The maximum absolute atomic E-state index is 11.4. The Morgan fingerprint density at radius 3 is 2.11 bits per heavy atom. The van der Waals surface area contributed by atoms with Gasteiger partial charge in [-0.1, -0.05) is 71.4 Å². The molecule has 2 N–H and O–H groups in total. The number of carboxylic acids is 1. The Bertz CT molecular complexity index is 1600. The van der Waals surface area contributed by atoms with Gasteiger partial charge in [0, 0.05) is 18.9 Å². The molecule has 2 aromatic rings. The topological polar surface area (TPSA) is 79.3 Å². The lowest BCUT2D eigenvalue weighted by molar-refractivity contribution is -0.176. The predicted molar refractivity (Wildman–Crippen MR) is 231 cm³/mol. The Morgan fingerprint density at radius 1 is 0.873 bits per heavy atom. The maximum atomic E-state index is 11.4. The SMILES string of the molecule is C#C.C#C.C#C.C=CC.CC1(C)C(c2ccc(C(=O)O)cc2)=CC[C@@]2(C)C1CC[C@@]1(C)C3CC[C@@]4(C)CCCC4[C@H]3CCC12.O=CNCCc1cccnc1. The van der Waals surface area contributed by atoms with Crippen LogP contribution in [0.3, 0.4) is 0 Å². The molecule has 4 unspecified atom stereocenters. The number of carbonyl (C=O) groups is 2. The highest BCUT2D eigenvalue weighted by Crippen LogP contribution is 2.73. The van der Waals surface area contributed by atoms with E-state index in [-0.39, 0.29) is 5.41 Å². The Hall–Kier alpha value is -4.53. The summed E-state index contributed by atoms with van der Waals surface area (Å²) in [5.74, 6) is 3.58. The van der Waals surface area contributed by atoms with Gasteiger partial charge in [-0.25, -0.2) is 4.79 Å². The van der Waals surface area contributed by atoms with Crippen LogP contribution in [0.15, 0.2) is 67.5 Å². The van der Waals surface area contributed by atoms with Gasteiger partial charge in [0.1, 0.15) is 0 Å². The molecule has 8 atom stereocenters. The van der Waals surface area contributed by atoms with Gasteiger partial charge in [-0.15, -0.1) is 45.1 Å². The zero-order valence-electron chi connectivity index (χ0n) is 34.6. The van der Waals surface area contributed by atoms with E-state index < -0.39 is 5.97 Å². The molecule has 0 bridgehead atoms. The first-order valence-corrected chi connectivity index (χ1v) is 20.0. The first-order chi connectivity index (χ1) is 26.4. The number of fused-ring (bicyclic) bond motifs is 7. The molecular formula is C50H68N2O3. The first-order valence-electron chi connectivity index (χ1n) is 20.0. The molecule has 7 rings (SSSR count). The number of amides is 1. The van der Waals surface area contributed by atoms with Crippen molar-refractivity contribution in [1.82, 2.24) is 10.3 Å². The standard InChI is InChI=1S/C33H46O2.C8H10N2O.C3H6.3C2H2/c1-30(2)24(21-8-10-22(11-9-21)29(34)35)15-19-33(5)27(30)16-20-32(4)26-14-18-31(3)17-6-7-25(31)23(26)12-13-28(32)33;11-7-10-5-3-8-2-1-4-9-6-8;1-3-2;3*1-2/h8-11,15,23,25-28H,6-7,12-14,16-20H2,1-5H3,(H,34,35);1-2,4,6-7H,3,5H2,(H,10,11);3H,1H2,2H3;3*1-2H/t23-,25?,26?,27?,28?,31-,32+,33+;;;;;/m1...../s1. The minimum atomic E-state index is -0.844. The van der Waals surface area contributed by atoms with Crippen molar-refractivity contribution in [3.8, 4) is 38.5 Å². The molecule has 1 amide bonds. The van der Waals surface area contributed by atoms with Gasteiger partial charge in [0.15, 0.2) is 0 Å². The number of hydrogen-bond acceptors (Lipinski definition) is 3. The van der Waals surface area contributed by atoms with Gasteiger partial charge in [-0.05, 0) is 157 Å². The van der Waals surface area contributed by atoms with Crippen molar-refractivity contribution in [1.29, 1.82) is 0 Å². The summed E-state index contributed by atoms with van der Waals surface area (Å²) in [6, 6.07) is 11.5. The van der Waals surface area contributed by atoms with Crippen molar-refractivity contribution in [2.75, 3.05) is 6.54 Å². The number of allylic oxidation sites excluding steroid dienone is 3. The van der Waals surface area contributed by atoms with E-state index in [4.69, 9.17) is 0 Å². The Balaban J connectivity index is 0.000000438. The van der Waals surface area contributed by atoms with Crippen molar-refractivity contribution < 1.29 is 14.7 Å². The normalized spacial score (nSPS) is 31.4. The fourth-order valence-electron chi connectivity index (χ4n) is 12.3.